The molecule has 9 heteroatoms. The quantitative estimate of drug-likeness (QED) is 0.598. The zero-order valence-corrected chi connectivity index (χ0v) is 17.4. The highest BCUT2D eigenvalue weighted by molar-refractivity contribution is 7.99. The van der Waals surface area contributed by atoms with E-state index in [-0.39, 0.29) is 11.8 Å². The molecule has 2 amide bonds. The lowest BCUT2D eigenvalue weighted by molar-refractivity contribution is -0.114. The van der Waals surface area contributed by atoms with Crippen LogP contribution in [-0.2, 0) is 15.3 Å². The zero-order chi connectivity index (χ0) is 20.1. The van der Waals surface area contributed by atoms with Crippen LogP contribution in [0.1, 0.15) is 23.9 Å². The molecule has 3 aromatic rings. The minimum atomic E-state index is -0.112. The fourth-order valence-electron chi connectivity index (χ4n) is 2.50. The van der Waals surface area contributed by atoms with Crippen LogP contribution >= 0.6 is 23.1 Å². The first-order chi connectivity index (χ1) is 13.4. The van der Waals surface area contributed by atoms with Crippen molar-refractivity contribution in [3.8, 4) is 11.3 Å². The van der Waals surface area contributed by atoms with Gasteiger partial charge in [-0.1, -0.05) is 17.3 Å². The Morgan fingerprint density at radius 1 is 1.18 bits per heavy atom. The van der Waals surface area contributed by atoms with Crippen molar-refractivity contribution in [2.75, 3.05) is 16.4 Å². The number of rotatable bonds is 7. The van der Waals surface area contributed by atoms with E-state index in [9.17, 15) is 9.59 Å². The van der Waals surface area contributed by atoms with Crippen LogP contribution in [0, 0.1) is 13.8 Å². The van der Waals surface area contributed by atoms with Crippen LogP contribution in [0.15, 0.2) is 34.2 Å². The van der Waals surface area contributed by atoms with Crippen LogP contribution in [0.2, 0.25) is 0 Å². The Kier molecular flexibility index (Phi) is 6.48. The zero-order valence-electron chi connectivity index (χ0n) is 15.7. The Bertz CT molecular complexity index is 960. The molecule has 2 aromatic heterocycles. The van der Waals surface area contributed by atoms with Gasteiger partial charge in [0.05, 0.1) is 17.1 Å². The van der Waals surface area contributed by atoms with Crippen molar-refractivity contribution >= 4 is 45.7 Å². The van der Waals surface area contributed by atoms with E-state index in [2.05, 4.69) is 20.8 Å². The fourth-order valence-corrected chi connectivity index (χ4v) is 4.21. The molecule has 0 unspecified atom stereocenters. The molecule has 3 rings (SSSR count). The molecular weight excluding hydrogens is 396 g/mol. The number of benzene rings is 1. The maximum atomic E-state index is 12.2. The summed E-state index contributed by atoms with van der Waals surface area (Å²) in [6.07, 6.45) is 0. The molecule has 0 atom stereocenters. The van der Waals surface area contributed by atoms with Gasteiger partial charge in [-0.05, 0) is 26.0 Å². The van der Waals surface area contributed by atoms with Gasteiger partial charge in [0, 0.05) is 34.9 Å². The van der Waals surface area contributed by atoms with Gasteiger partial charge < -0.3 is 15.2 Å². The van der Waals surface area contributed by atoms with Gasteiger partial charge in [-0.15, -0.1) is 23.1 Å². The highest BCUT2D eigenvalue weighted by Crippen LogP contribution is 2.26. The molecule has 146 valence electrons. The number of anilines is 2. The van der Waals surface area contributed by atoms with Crippen molar-refractivity contribution in [1.29, 1.82) is 0 Å². The summed E-state index contributed by atoms with van der Waals surface area (Å²) in [5.41, 5.74) is 4.32. The molecule has 2 N–H and O–H groups in total. The van der Waals surface area contributed by atoms with Gasteiger partial charge in [-0.25, -0.2) is 4.98 Å². The summed E-state index contributed by atoms with van der Waals surface area (Å²) >= 11 is 2.88. The van der Waals surface area contributed by atoms with Gasteiger partial charge in [0.25, 0.3) is 0 Å². The Labute approximate surface area is 170 Å². The Morgan fingerprint density at radius 2 is 1.93 bits per heavy atom. The summed E-state index contributed by atoms with van der Waals surface area (Å²) in [7, 11) is 0. The molecule has 0 aliphatic carbocycles. The van der Waals surface area contributed by atoms with E-state index < -0.39 is 0 Å². The second-order valence-corrected chi connectivity index (χ2v) is 7.98. The summed E-state index contributed by atoms with van der Waals surface area (Å²) in [5, 5.41) is 11.9. The van der Waals surface area contributed by atoms with Crippen LogP contribution in [0.3, 0.4) is 0 Å². The van der Waals surface area contributed by atoms with Crippen molar-refractivity contribution < 1.29 is 14.1 Å². The number of thiazole rings is 1. The second-order valence-electron chi connectivity index (χ2n) is 6.14. The SMILES string of the molecule is CC(=O)Nc1ccc(-c2csc(NC(=O)CSCc3c(C)noc3C)n2)cc1. The number of hydrogen-bond donors (Lipinski definition) is 2. The Morgan fingerprint density at radius 3 is 2.57 bits per heavy atom. The van der Waals surface area contributed by atoms with E-state index in [1.807, 2.05) is 43.5 Å². The number of aryl methyl sites for hydroxylation is 2. The van der Waals surface area contributed by atoms with Crippen LogP contribution in [0.4, 0.5) is 10.8 Å². The number of carbonyl (C=O) groups is 2. The Balaban J connectivity index is 1.52. The number of hydrogen-bond acceptors (Lipinski definition) is 7. The van der Waals surface area contributed by atoms with Crippen LogP contribution in [0.5, 0.6) is 0 Å². The summed E-state index contributed by atoms with van der Waals surface area (Å²) in [5.74, 6) is 1.58. The van der Waals surface area contributed by atoms with E-state index >= 15 is 0 Å². The lowest BCUT2D eigenvalue weighted by atomic mass is 10.1. The maximum absolute atomic E-state index is 12.2. The van der Waals surface area contributed by atoms with Crippen LogP contribution in [0.25, 0.3) is 11.3 Å². The first-order valence-electron chi connectivity index (χ1n) is 8.55. The highest BCUT2D eigenvalue weighted by atomic mass is 32.2. The lowest BCUT2D eigenvalue weighted by Crippen LogP contribution is -2.14. The van der Waals surface area contributed by atoms with Crippen molar-refractivity contribution in [3.05, 3.63) is 46.7 Å². The number of carbonyl (C=O) groups excluding carboxylic acids is 2. The third-order valence-electron chi connectivity index (χ3n) is 3.91. The third-order valence-corrected chi connectivity index (χ3v) is 5.63. The van der Waals surface area contributed by atoms with E-state index in [0.29, 0.717) is 16.6 Å². The average Bonchev–Trinajstić information content (AvgIpc) is 3.23. The van der Waals surface area contributed by atoms with Gasteiger partial charge in [0.15, 0.2) is 5.13 Å². The number of amides is 2. The number of nitrogens with zero attached hydrogens (tertiary/aromatic N) is 2. The molecule has 0 fully saturated rings. The van der Waals surface area contributed by atoms with Crippen LogP contribution < -0.4 is 10.6 Å². The van der Waals surface area contributed by atoms with Gasteiger partial charge in [0.1, 0.15) is 5.76 Å². The van der Waals surface area contributed by atoms with Gasteiger partial charge >= 0.3 is 0 Å². The normalized spacial score (nSPS) is 10.7. The molecule has 0 spiro atoms. The number of aromatic nitrogens is 2. The monoisotopic (exact) mass is 416 g/mol. The topological polar surface area (TPSA) is 97.1 Å². The summed E-state index contributed by atoms with van der Waals surface area (Å²) in [6, 6.07) is 7.40. The Hall–Kier alpha value is -2.65. The smallest absolute Gasteiger partial charge is 0.236 e. The average molecular weight is 417 g/mol. The minimum absolute atomic E-state index is 0.0985. The molecule has 28 heavy (non-hydrogen) atoms. The van der Waals surface area contributed by atoms with Crippen molar-refractivity contribution in [2.24, 2.45) is 0 Å². The van der Waals surface area contributed by atoms with E-state index in [4.69, 9.17) is 4.52 Å². The third kappa shape index (κ3) is 5.20. The number of nitrogens with one attached hydrogen (secondary N) is 2. The first kappa shape index (κ1) is 20.1. The maximum Gasteiger partial charge on any atom is 0.236 e. The van der Waals surface area contributed by atoms with Gasteiger partial charge in [-0.2, -0.15) is 0 Å². The molecular formula is C19H20N4O3S2. The predicted molar refractivity (Wildman–Crippen MR) is 113 cm³/mol. The molecule has 0 saturated carbocycles. The van der Waals surface area contributed by atoms with E-state index in [1.165, 1.54) is 30.0 Å². The fraction of sp³-hybridized carbons (Fsp3) is 0.263. The highest BCUT2D eigenvalue weighted by Gasteiger charge is 2.12. The first-order valence-corrected chi connectivity index (χ1v) is 10.6. The minimum Gasteiger partial charge on any atom is -0.361 e. The van der Waals surface area contributed by atoms with Crippen molar-refractivity contribution in [1.82, 2.24) is 10.1 Å². The summed E-state index contributed by atoms with van der Waals surface area (Å²) in [6.45, 7) is 5.23. The molecule has 0 radical (unpaired) electrons. The van der Waals surface area contributed by atoms with Gasteiger partial charge in [0.2, 0.25) is 11.8 Å². The molecule has 0 aliphatic rings. The second kappa shape index (κ2) is 9.03. The van der Waals surface area contributed by atoms with E-state index in [1.54, 1.807) is 0 Å². The van der Waals surface area contributed by atoms with Crippen molar-refractivity contribution in [3.63, 3.8) is 0 Å². The molecule has 0 bridgehead atoms. The summed E-state index contributed by atoms with van der Waals surface area (Å²) in [4.78, 5) is 27.7. The number of thioether (sulfide) groups is 1. The van der Waals surface area contributed by atoms with Crippen molar-refractivity contribution in [2.45, 2.75) is 26.5 Å². The van der Waals surface area contributed by atoms with Crippen LogP contribution in [-0.4, -0.2) is 27.7 Å². The molecule has 2 heterocycles. The summed E-state index contributed by atoms with van der Waals surface area (Å²) < 4.78 is 5.13. The molecule has 1 aromatic carbocycles. The lowest BCUT2D eigenvalue weighted by Gasteiger charge is -2.03. The predicted octanol–water partition coefficient (Wildman–Crippen LogP) is 4.25. The molecule has 0 saturated heterocycles. The standard InChI is InChI=1S/C19H20N4O3S2/c1-11-16(12(2)26-23-11)8-27-10-18(25)22-19-21-17(9-28-19)14-4-6-15(7-5-14)20-13(3)24/h4-7,9H,8,10H2,1-3H3,(H,20,24)(H,21,22,25). The van der Waals surface area contributed by atoms with Gasteiger partial charge in [-0.3, -0.25) is 9.59 Å². The largest absolute Gasteiger partial charge is 0.361 e. The van der Waals surface area contributed by atoms with E-state index in [0.717, 1.165) is 34.0 Å². The molecule has 0 aliphatic heterocycles. The molecule has 7 nitrogen and oxygen atoms in total.